The van der Waals surface area contributed by atoms with Gasteiger partial charge in [-0.05, 0) is 50.1 Å². The quantitative estimate of drug-likeness (QED) is 0.795. The van der Waals surface area contributed by atoms with Crippen molar-refractivity contribution in [2.45, 2.75) is 0 Å². The molecule has 3 N–H and O–H groups in total. The largest absolute Gasteiger partial charge is 0.384 e. The molecule has 0 aliphatic heterocycles. The highest BCUT2D eigenvalue weighted by molar-refractivity contribution is 9.10. The van der Waals surface area contributed by atoms with Gasteiger partial charge in [0.1, 0.15) is 10.4 Å². The normalized spacial score (nSPS) is 10.1. The van der Waals surface area contributed by atoms with E-state index in [1.807, 2.05) is 0 Å². The van der Waals surface area contributed by atoms with Crippen LogP contribution in [0.2, 0.25) is 0 Å². The zero-order chi connectivity index (χ0) is 13.1. The van der Waals surface area contributed by atoms with Crippen molar-refractivity contribution in [2.24, 2.45) is 0 Å². The molecule has 0 spiro atoms. The topological polar surface area (TPSA) is 80.9 Å². The second-order valence-electron chi connectivity index (χ2n) is 3.41. The SMILES string of the molecule is Nc1cc(C(=O)Nc2ccc(Br)nc2)c(Br)cn1. The second kappa shape index (κ2) is 5.45. The highest BCUT2D eigenvalue weighted by Crippen LogP contribution is 2.19. The predicted molar refractivity (Wildman–Crippen MR) is 76.2 cm³/mol. The summed E-state index contributed by atoms with van der Waals surface area (Å²) in [5.74, 6) is 0.0115. The summed E-state index contributed by atoms with van der Waals surface area (Å²) in [5, 5.41) is 2.72. The van der Waals surface area contributed by atoms with Crippen molar-refractivity contribution >= 4 is 49.3 Å². The number of amides is 1. The maximum absolute atomic E-state index is 12.0. The zero-order valence-electron chi connectivity index (χ0n) is 9.02. The smallest absolute Gasteiger partial charge is 0.257 e. The van der Waals surface area contributed by atoms with Crippen LogP contribution in [0.3, 0.4) is 0 Å². The summed E-state index contributed by atoms with van der Waals surface area (Å²) < 4.78 is 1.29. The molecule has 2 heterocycles. The van der Waals surface area contributed by atoms with E-state index in [0.717, 1.165) is 0 Å². The van der Waals surface area contributed by atoms with E-state index in [1.165, 1.54) is 12.3 Å². The maximum atomic E-state index is 12.0. The fourth-order valence-electron chi connectivity index (χ4n) is 1.28. The van der Waals surface area contributed by atoms with Crippen LogP contribution < -0.4 is 11.1 Å². The van der Waals surface area contributed by atoms with Crippen molar-refractivity contribution < 1.29 is 4.79 Å². The van der Waals surface area contributed by atoms with Gasteiger partial charge in [-0.3, -0.25) is 4.79 Å². The van der Waals surface area contributed by atoms with Crippen LogP contribution in [0.15, 0.2) is 39.7 Å². The Morgan fingerprint density at radius 3 is 2.67 bits per heavy atom. The first kappa shape index (κ1) is 13.0. The van der Waals surface area contributed by atoms with Gasteiger partial charge in [0.25, 0.3) is 5.91 Å². The molecule has 0 aliphatic carbocycles. The highest BCUT2D eigenvalue weighted by atomic mass is 79.9. The number of carbonyl (C=O) groups excluding carboxylic acids is 1. The molecule has 0 radical (unpaired) electrons. The van der Waals surface area contributed by atoms with E-state index in [4.69, 9.17) is 5.73 Å². The molecule has 0 aromatic carbocycles. The fraction of sp³-hybridized carbons (Fsp3) is 0. The summed E-state index contributed by atoms with van der Waals surface area (Å²) in [6.07, 6.45) is 3.05. The minimum Gasteiger partial charge on any atom is -0.384 e. The van der Waals surface area contributed by atoms with E-state index >= 15 is 0 Å². The lowest BCUT2D eigenvalue weighted by Crippen LogP contribution is -2.13. The molecule has 2 rings (SSSR count). The number of nitrogens with zero attached hydrogens (tertiary/aromatic N) is 2. The van der Waals surface area contributed by atoms with Crippen LogP contribution in [0.25, 0.3) is 0 Å². The number of hydrogen-bond acceptors (Lipinski definition) is 4. The average Bonchev–Trinajstić information content (AvgIpc) is 2.35. The Hall–Kier alpha value is -1.47. The van der Waals surface area contributed by atoms with Crippen molar-refractivity contribution in [3.05, 3.63) is 45.2 Å². The Morgan fingerprint density at radius 2 is 2.00 bits per heavy atom. The third kappa shape index (κ3) is 3.05. The summed E-state index contributed by atoms with van der Waals surface area (Å²) in [6.45, 7) is 0. The zero-order valence-corrected chi connectivity index (χ0v) is 12.2. The number of nitrogens with two attached hydrogens (primary N) is 1. The molecular formula is C11H8Br2N4O. The van der Waals surface area contributed by atoms with Crippen LogP contribution in [0.4, 0.5) is 11.5 Å². The van der Waals surface area contributed by atoms with Crippen LogP contribution in [0.1, 0.15) is 10.4 Å². The van der Waals surface area contributed by atoms with Crippen molar-refractivity contribution in [1.29, 1.82) is 0 Å². The summed E-state index contributed by atoms with van der Waals surface area (Å²) in [6, 6.07) is 4.99. The molecule has 0 aliphatic rings. The molecule has 0 saturated heterocycles. The minimum absolute atomic E-state index is 0.278. The van der Waals surface area contributed by atoms with E-state index in [1.54, 1.807) is 18.3 Å². The Bertz CT molecular complexity index is 586. The standard InChI is InChI=1S/C11H8Br2N4O/c12-8-5-16-10(14)3-7(8)11(18)17-6-1-2-9(13)15-4-6/h1-5H,(H2,14,16)(H,17,18). The van der Waals surface area contributed by atoms with Gasteiger partial charge >= 0.3 is 0 Å². The molecule has 5 nitrogen and oxygen atoms in total. The van der Waals surface area contributed by atoms with Crippen molar-refractivity contribution in [3.8, 4) is 0 Å². The van der Waals surface area contributed by atoms with Crippen LogP contribution in [-0.2, 0) is 0 Å². The molecule has 92 valence electrons. The Kier molecular flexibility index (Phi) is 3.93. The number of pyridine rings is 2. The van der Waals surface area contributed by atoms with Gasteiger partial charge in [0.05, 0.1) is 17.4 Å². The number of hydrogen-bond donors (Lipinski definition) is 2. The van der Waals surface area contributed by atoms with Crippen molar-refractivity contribution in [2.75, 3.05) is 11.1 Å². The maximum Gasteiger partial charge on any atom is 0.257 e. The molecule has 0 fully saturated rings. The first-order valence-corrected chi connectivity index (χ1v) is 6.49. The van der Waals surface area contributed by atoms with E-state index in [-0.39, 0.29) is 11.7 Å². The third-order valence-electron chi connectivity index (χ3n) is 2.11. The Labute approximate surface area is 120 Å². The van der Waals surface area contributed by atoms with Crippen molar-refractivity contribution in [1.82, 2.24) is 9.97 Å². The number of anilines is 2. The van der Waals surface area contributed by atoms with E-state index in [0.29, 0.717) is 20.3 Å². The lowest BCUT2D eigenvalue weighted by molar-refractivity contribution is 0.102. The van der Waals surface area contributed by atoms with Crippen LogP contribution in [0.5, 0.6) is 0 Å². The summed E-state index contributed by atoms with van der Waals surface area (Å²) >= 11 is 6.48. The van der Waals surface area contributed by atoms with Gasteiger partial charge in [-0.2, -0.15) is 0 Å². The number of rotatable bonds is 2. The van der Waals surface area contributed by atoms with Crippen LogP contribution >= 0.6 is 31.9 Å². The van der Waals surface area contributed by atoms with Gasteiger partial charge in [-0.25, -0.2) is 9.97 Å². The highest BCUT2D eigenvalue weighted by Gasteiger charge is 2.11. The monoisotopic (exact) mass is 370 g/mol. The molecule has 2 aromatic rings. The molecule has 1 amide bonds. The lowest BCUT2D eigenvalue weighted by atomic mass is 10.2. The van der Waals surface area contributed by atoms with Gasteiger partial charge in [0, 0.05) is 10.7 Å². The number of aromatic nitrogens is 2. The first-order chi connectivity index (χ1) is 8.56. The van der Waals surface area contributed by atoms with Gasteiger partial charge in [0.2, 0.25) is 0 Å². The average molecular weight is 372 g/mol. The van der Waals surface area contributed by atoms with Crippen molar-refractivity contribution in [3.63, 3.8) is 0 Å². The van der Waals surface area contributed by atoms with E-state index in [9.17, 15) is 4.79 Å². The van der Waals surface area contributed by atoms with Gasteiger partial charge in [0.15, 0.2) is 0 Å². The Balaban J connectivity index is 2.21. The van der Waals surface area contributed by atoms with Crippen LogP contribution in [-0.4, -0.2) is 15.9 Å². The predicted octanol–water partition coefficient (Wildman–Crippen LogP) is 2.84. The fourth-order valence-corrected chi connectivity index (χ4v) is 1.91. The molecule has 7 heteroatoms. The molecule has 0 bridgehead atoms. The number of carbonyl (C=O) groups is 1. The van der Waals surface area contributed by atoms with E-state index < -0.39 is 0 Å². The van der Waals surface area contributed by atoms with E-state index in [2.05, 4.69) is 47.1 Å². The minimum atomic E-state index is -0.278. The molecule has 0 unspecified atom stereocenters. The number of halogens is 2. The van der Waals surface area contributed by atoms with Gasteiger partial charge in [-0.15, -0.1) is 0 Å². The molecular weight excluding hydrogens is 364 g/mol. The Morgan fingerprint density at radius 1 is 1.22 bits per heavy atom. The second-order valence-corrected chi connectivity index (χ2v) is 5.08. The van der Waals surface area contributed by atoms with Gasteiger partial charge < -0.3 is 11.1 Å². The van der Waals surface area contributed by atoms with Gasteiger partial charge in [-0.1, -0.05) is 0 Å². The summed E-state index contributed by atoms with van der Waals surface area (Å²) in [4.78, 5) is 19.9. The molecule has 2 aromatic heterocycles. The number of nitrogens with one attached hydrogen (secondary N) is 1. The first-order valence-electron chi connectivity index (χ1n) is 4.90. The third-order valence-corrected chi connectivity index (χ3v) is 3.21. The van der Waals surface area contributed by atoms with Crippen LogP contribution in [0, 0.1) is 0 Å². The molecule has 0 saturated carbocycles. The lowest BCUT2D eigenvalue weighted by Gasteiger charge is -2.07. The number of nitrogen functional groups attached to an aromatic ring is 1. The molecule has 18 heavy (non-hydrogen) atoms. The summed E-state index contributed by atoms with van der Waals surface area (Å²) in [5.41, 5.74) is 6.57. The molecule has 0 atom stereocenters. The summed E-state index contributed by atoms with van der Waals surface area (Å²) in [7, 11) is 0.